The second kappa shape index (κ2) is 7.01. The average Bonchev–Trinajstić information content (AvgIpc) is 2.24. The fourth-order valence-corrected chi connectivity index (χ4v) is 2.12. The van der Waals surface area contributed by atoms with E-state index < -0.39 is 0 Å². The van der Waals surface area contributed by atoms with E-state index >= 15 is 0 Å². The molecule has 3 N–H and O–H groups in total. The number of aliphatic imine (C=N–C) groups is 1. The molecule has 0 aliphatic heterocycles. The highest BCUT2D eigenvalue weighted by Crippen LogP contribution is 2.21. The number of nitrogens with zero attached hydrogens (tertiary/aromatic N) is 1. The van der Waals surface area contributed by atoms with Crippen LogP contribution in [0, 0.1) is 0 Å². The molecule has 1 aromatic rings. The molecule has 5 heteroatoms. The second-order valence-corrected chi connectivity index (χ2v) is 6.32. The van der Waals surface area contributed by atoms with Gasteiger partial charge in [0.05, 0.1) is 0 Å². The van der Waals surface area contributed by atoms with Crippen LogP contribution in [-0.4, -0.2) is 18.0 Å². The van der Waals surface area contributed by atoms with Crippen molar-refractivity contribution in [3.8, 4) is 0 Å². The second-order valence-electron chi connectivity index (χ2n) is 5.48. The van der Waals surface area contributed by atoms with Crippen molar-refractivity contribution in [1.82, 2.24) is 5.32 Å². The van der Waals surface area contributed by atoms with E-state index in [0.29, 0.717) is 22.5 Å². The summed E-state index contributed by atoms with van der Waals surface area (Å²) in [6.07, 6.45) is 1.76. The van der Waals surface area contributed by atoms with Gasteiger partial charge < -0.3 is 11.1 Å². The summed E-state index contributed by atoms with van der Waals surface area (Å²) in [6.45, 7) is 6.81. The number of hydrogen-bond donors (Lipinski definition) is 2. The molecule has 0 saturated heterocycles. The lowest BCUT2D eigenvalue weighted by Crippen LogP contribution is -2.45. The van der Waals surface area contributed by atoms with Gasteiger partial charge in [0.2, 0.25) is 0 Å². The molecule has 0 atom stereocenters. The maximum atomic E-state index is 6.10. The fraction of sp³-hybridized carbons (Fsp3) is 0.500. The molecule has 0 bridgehead atoms. The molecule has 0 unspecified atom stereocenters. The first kappa shape index (κ1) is 16.1. The minimum absolute atomic E-state index is 0.0624. The minimum Gasteiger partial charge on any atom is -0.370 e. The van der Waals surface area contributed by atoms with Crippen LogP contribution in [-0.2, 0) is 6.42 Å². The molecule has 19 heavy (non-hydrogen) atoms. The third-order valence-electron chi connectivity index (χ3n) is 2.40. The molecule has 0 aliphatic rings. The largest absolute Gasteiger partial charge is 0.370 e. The van der Waals surface area contributed by atoms with Crippen LogP contribution in [0.15, 0.2) is 23.2 Å². The number of nitrogens with one attached hydrogen (secondary N) is 1. The number of guanidine groups is 1. The Kier molecular flexibility index (Phi) is 5.95. The molecule has 0 radical (unpaired) electrons. The van der Waals surface area contributed by atoms with E-state index in [1.54, 1.807) is 6.07 Å². The molecular formula is C14H21Cl2N3. The van der Waals surface area contributed by atoms with Crippen LogP contribution in [0.3, 0.4) is 0 Å². The summed E-state index contributed by atoms with van der Waals surface area (Å²) in [5, 5.41) is 4.48. The Morgan fingerprint density at radius 1 is 1.32 bits per heavy atom. The number of benzene rings is 1. The van der Waals surface area contributed by atoms with Gasteiger partial charge in [0, 0.05) is 22.1 Å². The summed E-state index contributed by atoms with van der Waals surface area (Å²) in [6, 6.07) is 5.56. The number of aryl methyl sites for hydroxylation is 1. The van der Waals surface area contributed by atoms with Crippen molar-refractivity contribution in [3.05, 3.63) is 33.8 Å². The van der Waals surface area contributed by atoms with Gasteiger partial charge in [-0.05, 0) is 51.3 Å². The van der Waals surface area contributed by atoms with Crippen LogP contribution in [0.25, 0.3) is 0 Å². The normalized spacial score (nSPS) is 12.6. The number of rotatable bonds is 4. The third-order valence-corrected chi connectivity index (χ3v) is 2.99. The van der Waals surface area contributed by atoms with E-state index in [9.17, 15) is 0 Å². The highest BCUT2D eigenvalue weighted by molar-refractivity contribution is 6.35. The van der Waals surface area contributed by atoms with Crippen LogP contribution in [0.4, 0.5) is 0 Å². The molecule has 0 heterocycles. The fourth-order valence-electron chi connectivity index (χ4n) is 1.62. The van der Waals surface area contributed by atoms with Gasteiger partial charge in [-0.15, -0.1) is 0 Å². The summed E-state index contributed by atoms with van der Waals surface area (Å²) in [4.78, 5) is 4.29. The topological polar surface area (TPSA) is 50.4 Å². The Bertz CT molecular complexity index is 450. The van der Waals surface area contributed by atoms with Crippen LogP contribution >= 0.6 is 23.2 Å². The lowest BCUT2D eigenvalue weighted by atomic mass is 10.1. The van der Waals surface area contributed by atoms with Gasteiger partial charge in [0.15, 0.2) is 5.96 Å². The molecule has 1 aromatic carbocycles. The SMILES string of the molecule is CC(C)(C)NC(N)=NCCCc1ccc(Cl)cc1Cl. The Hall–Kier alpha value is -0.930. The van der Waals surface area contributed by atoms with Crippen LogP contribution in [0.5, 0.6) is 0 Å². The molecule has 3 nitrogen and oxygen atoms in total. The molecule has 0 aliphatic carbocycles. The maximum absolute atomic E-state index is 6.10. The van der Waals surface area contributed by atoms with Gasteiger partial charge in [-0.25, -0.2) is 0 Å². The number of nitrogens with two attached hydrogens (primary N) is 1. The van der Waals surface area contributed by atoms with Crippen molar-refractivity contribution in [1.29, 1.82) is 0 Å². The van der Waals surface area contributed by atoms with Gasteiger partial charge >= 0.3 is 0 Å². The van der Waals surface area contributed by atoms with Crippen LogP contribution in [0.1, 0.15) is 32.8 Å². The molecule has 0 spiro atoms. The Morgan fingerprint density at radius 3 is 2.58 bits per heavy atom. The molecule has 0 amide bonds. The van der Waals surface area contributed by atoms with Crippen molar-refractivity contribution in [2.24, 2.45) is 10.7 Å². The monoisotopic (exact) mass is 301 g/mol. The zero-order valence-corrected chi connectivity index (χ0v) is 13.1. The van der Waals surface area contributed by atoms with Crippen LogP contribution in [0.2, 0.25) is 10.0 Å². The minimum atomic E-state index is -0.0624. The van der Waals surface area contributed by atoms with Crippen molar-refractivity contribution < 1.29 is 0 Å². The first-order valence-corrected chi connectivity index (χ1v) is 7.05. The Morgan fingerprint density at radius 2 is 2.00 bits per heavy atom. The van der Waals surface area contributed by atoms with E-state index in [2.05, 4.69) is 10.3 Å². The smallest absolute Gasteiger partial charge is 0.188 e. The summed E-state index contributed by atoms with van der Waals surface area (Å²) < 4.78 is 0. The predicted molar refractivity (Wildman–Crippen MR) is 84.2 cm³/mol. The first-order chi connectivity index (χ1) is 8.78. The number of hydrogen-bond acceptors (Lipinski definition) is 1. The van der Waals surface area contributed by atoms with E-state index in [1.807, 2.05) is 32.9 Å². The zero-order chi connectivity index (χ0) is 14.5. The molecule has 1 rings (SSSR count). The van der Waals surface area contributed by atoms with Crippen molar-refractivity contribution in [3.63, 3.8) is 0 Å². The van der Waals surface area contributed by atoms with E-state index in [4.69, 9.17) is 28.9 Å². The van der Waals surface area contributed by atoms with Crippen molar-refractivity contribution >= 4 is 29.2 Å². The quantitative estimate of drug-likeness (QED) is 0.507. The highest BCUT2D eigenvalue weighted by atomic mass is 35.5. The maximum Gasteiger partial charge on any atom is 0.188 e. The summed E-state index contributed by atoms with van der Waals surface area (Å²) in [7, 11) is 0. The van der Waals surface area contributed by atoms with Gasteiger partial charge in [-0.3, -0.25) is 4.99 Å². The van der Waals surface area contributed by atoms with E-state index in [1.165, 1.54) is 0 Å². The average molecular weight is 302 g/mol. The highest BCUT2D eigenvalue weighted by Gasteiger charge is 2.09. The summed E-state index contributed by atoms with van der Waals surface area (Å²) >= 11 is 12.0. The molecular weight excluding hydrogens is 281 g/mol. The standard InChI is InChI=1S/C14H21Cl2N3/c1-14(2,3)19-13(17)18-8-4-5-10-6-7-11(15)9-12(10)16/h6-7,9H,4-5,8H2,1-3H3,(H3,17,18,19). The lowest BCUT2D eigenvalue weighted by molar-refractivity contribution is 0.508. The molecule has 106 valence electrons. The zero-order valence-electron chi connectivity index (χ0n) is 11.6. The number of halogens is 2. The van der Waals surface area contributed by atoms with Gasteiger partial charge in [-0.1, -0.05) is 29.3 Å². The molecule has 0 aromatic heterocycles. The van der Waals surface area contributed by atoms with E-state index in [0.717, 1.165) is 18.4 Å². The lowest BCUT2D eigenvalue weighted by Gasteiger charge is -2.20. The van der Waals surface area contributed by atoms with Crippen molar-refractivity contribution in [2.45, 2.75) is 39.2 Å². The van der Waals surface area contributed by atoms with E-state index in [-0.39, 0.29) is 5.54 Å². The molecule has 0 fully saturated rings. The Balaban J connectivity index is 2.40. The predicted octanol–water partition coefficient (Wildman–Crippen LogP) is 3.63. The van der Waals surface area contributed by atoms with Gasteiger partial charge in [0.25, 0.3) is 0 Å². The molecule has 0 saturated carbocycles. The van der Waals surface area contributed by atoms with Gasteiger partial charge in [-0.2, -0.15) is 0 Å². The Labute approximate surface area is 125 Å². The van der Waals surface area contributed by atoms with Gasteiger partial charge in [0.1, 0.15) is 0 Å². The summed E-state index contributed by atoms with van der Waals surface area (Å²) in [5.41, 5.74) is 6.81. The third kappa shape index (κ3) is 6.69. The summed E-state index contributed by atoms with van der Waals surface area (Å²) in [5.74, 6) is 0.481. The first-order valence-electron chi connectivity index (χ1n) is 6.30. The van der Waals surface area contributed by atoms with Crippen molar-refractivity contribution in [2.75, 3.05) is 6.54 Å². The van der Waals surface area contributed by atoms with Crippen LogP contribution < -0.4 is 11.1 Å².